The molecule has 0 aliphatic carbocycles. The molecule has 6 heteroatoms. The first-order valence-electron chi connectivity index (χ1n) is 9.26. The lowest BCUT2D eigenvalue weighted by molar-refractivity contribution is -0.130. The highest BCUT2D eigenvalue weighted by Crippen LogP contribution is 2.30. The lowest BCUT2D eigenvalue weighted by Crippen LogP contribution is -2.42. The van der Waals surface area contributed by atoms with E-state index >= 15 is 0 Å². The van der Waals surface area contributed by atoms with Crippen LogP contribution in [0, 0.1) is 0 Å². The van der Waals surface area contributed by atoms with Crippen LogP contribution in [0.5, 0.6) is 17.2 Å². The molecule has 1 amide bonds. The Kier molecular flexibility index (Phi) is 5.71. The molecule has 1 unspecified atom stereocenters. The molecule has 0 saturated heterocycles. The van der Waals surface area contributed by atoms with Crippen molar-refractivity contribution in [2.75, 3.05) is 6.61 Å². The Hall–Kier alpha value is -3.80. The number of hydrogen-bond donors (Lipinski definition) is 1. The molecular formula is C23H20N2O4. The fourth-order valence-electron chi connectivity index (χ4n) is 2.78. The quantitative estimate of drug-likeness (QED) is 0.518. The first kappa shape index (κ1) is 18.6. The van der Waals surface area contributed by atoms with E-state index in [1.54, 1.807) is 18.3 Å². The van der Waals surface area contributed by atoms with E-state index < -0.39 is 6.10 Å². The molecule has 4 rings (SSSR count). The molecule has 1 heterocycles. The van der Waals surface area contributed by atoms with Crippen LogP contribution in [0.2, 0.25) is 0 Å². The Labute approximate surface area is 168 Å². The van der Waals surface area contributed by atoms with Crippen LogP contribution in [0.4, 0.5) is 0 Å². The molecule has 3 aromatic carbocycles. The molecule has 1 N–H and O–H groups in total. The lowest BCUT2D eigenvalue weighted by atomic mass is 10.2. The van der Waals surface area contributed by atoms with Crippen molar-refractivity contribution in [3.8, 4) is 17.2 Å². The Morgan fingerprint density at radius 2 is 1.72 bits per heavy atom. The number of hydrogen-bond acceptors (Lipinski definition) is 5. The monoisotopic (exact) mass is 388 g/mol. The van der Waals surface area contributed by atoms with Crippen molar-refractivity contribution in [3.63, 3.8) is 0 Å². The zero-order valence-electron chi connectivity index (χ0n) is 15.7. The number of carbonyl (C=O) groups excluding carboxylic acids is 1. The van der Waals surface area contributed by atoms with Gasteiger partial charge in [0, 0.05) is 0 Å². The summed E-state index contributed by atoms with van der Waals surface area (Å²) in [6, 6.07) is 24.7. The third kappa shape index (κ3) is 4.93. The van der Waals surface area contributed by atoms with Gasteiger partial charge in [-0.05, 0) is 47.5 Å². The van der Waals surface area contributed by atoms with Gasteiger partial charge in [0.1, 0.15) is 19.0 Å². The van der Waals surface area contributed by atoms with Crippen molar-refractivity contribution in [2.24, 2.45) is 5.10 Å². The van der Waals surface area contributed by atoms with Crippen molar-refractivity contribution < 1.29 is 19.0 Å². The molecule has 1 atom stereocenters. The van der Waals surface area contributed by atoms with Gasteiger partial charge in [0.15, 0.2) is 11.5 Å². The number of benzene rings is 3. The van der Waals surface area contributed by atoms with Gasteiger partial charge in [-0.2, -0.15) is 5.10 Å². The minimum atomic E-state index is -0.740. The molecule has 0 bridgehead atoms. The van der Waals surface area contributed by atoms with Gasteiger partial charge >= 0.3 is 0 Å². The van der Waals surface area contributed by atoms with Crippen LogP contribution in [0.3, 0.4) is 0 Å². The molecule has 146 valence electrons. The van der Waals surface area contributed by atoms with Gasteiger partial charge in [-0.15, -0.1) is 0 Å². The van der Waals surface area contributed by atoms with E-state index in [1.165, 1.54) is 0 Å². The van der Waals surface area contributed by atoms with Gasteiger partial charge in [-0.25, -0.2) is 5.43 Å². The third-order valence-electron chi connectivity index (χ3n) is 4.32. The molecule has 6 nitrogen and oxygen atoms in total. The van der Waals surface area contributed by atoms with Crippen LogP contribution in [-0.4, -0.2) is 24.8 Å². The van der Waals surface area contributed by atoms with Crippen molar-refractivity contribution >= 4 is 12.1 Å². The Bertz CT molecular complexity index is 987. The van der Waals surface area contributed by atoms with Crippen molar-refractivity contribution in [1.82, 2.24) is 5.43 Å². The highest BCUT2D eigenvalue weighted by molar-refractivity contribution is 5.85. The van der Waals surface area contributed by atoms with Gasteiger partial charge in [0.25, 0.3) is 5.91 Å². The van der Waals surface area contributed by atoms with Gasteiger partial charge in [0.05, 0.1) is 6.21 Å². The number of hydrazone groups is 1. The second-order valence-corrected chi connectivity index (χ2v) is 6.44. The van der Waals surface area contributed by atoms with E-state index in [0.29, 0.717) is 18.1 Å². The molecule has 3 aromatic rings. The third-order valence-corrected chi connectivity index (χ3v) is 4.32. The standard InChI is InChI=1S/C23H20N2O4/c26-23(22-16-28-20-8-4-5-9-21(20)29-22)25-24-14-17-10-12-19(13-11-17)27-15-18-6-2-1-3-7-18/h1-14,22H,15-16H2,(H,25,26)/b24-14+. The number of fused-ring (bicyclic) bond motifs is 1. The normalized spacial score (nSPS) is 15.1. The van der Waals surface area contributed by atoms with Crippen LogP contribution in [0.15, 0.2) is 84.0 Å². The van der Waals surface area contributed by atoms with Crippen molar-refractivity contribution in [3.05, 3.63) is 90.0 Å². The summed E-state index contributed by atoms with van der Waals surface area (Å²) >= 11 is 0. The number of rotatable bonds is 6. The summed E-state index contributed by atoms with van der Waals surface area (Å²) in [6.07, 6.45) is 0.826. The largest absolute Gasteiger partial charge is 0.489 e. The summed E-state index contributed by atoms with van der Waals surface area (Å²) in [5, 5.41) is 4.00. The predicted octanol–water partition coefficient (Wildman–Crippen LogP) is 3.56. The Morgan fingerprint density at radius 3 is 2.52 bits per heavy atom. The van der Waals surface area contributed by atoms with E-state index in [4.69, 9.17) is 14.2 Å². The number of ether oxygens (including phenoxy) is 3. The fourth-order valence-corrected chi connectivity index (χ4v) is 2.78. The maximum absolute atomic E-state index is 12.2. The fraction of sp³-hybridized carbons (Fsp3) is 0.130. The minimum Gasteiger partial charge on any atom is -0.489 e. The average Bonchev–Trinajstić information content (AvgIpc) is 2.79. The average molecular weight is 388 g/mol. The van der Waals surface area contributed by atoms with Gasteiger partial charge in [-0.1, -0.05) is 42.5 Å². The summed E-state index contributed by atoms with van der Waals surface area (Å²) in [4.78, 5) is 12.2. The van der Waals surface area contributed by atoms with Crippen molar-refractivity contribution in [1.29, 1.82) is 0 Å². The Morgan fingerprint density at radius 1 is 1.00 bits per heavy atom. The summed E-state index contributed by atoms with van der Waals surface area (Å²) < 4.78 is 16.9. The highest BCUT2D eigenvalue weighted by Gasteiger charge is 2.26. The first-order chi connectivity index (χ1) is 14.3. The molecule has 29 heavy (non-hydrogen) atoms. The van der Waals surface area contributed by atoms with Crippen molar-refractivity contribution in [2.45, 2.75) is 12.7 Å². The molecule has 0 aromatic heterocycles. The SMILES string of the molecule is O=C(N/N=C/c1ccc(OCc2ccccc2)cc1)C1COc2ccccc2O1. The predicted molar refractivity (Wildman–Crippen MR) is 109 cm³/mol. The van der Waals surface area contributed by atoms with E-state index in [-0.39, 0.29) is 12.5 Å². The maximum atomic E-state index is 12.2. The van der Waals surface area contributed by atoms with E-state index in [1.807, 2.05) is 66.7 Å². The van der Waals surface area contributed by atoms with Crippen LogP contribution in [0.25, 0.3) is 0 Å². The lowest BCUT2D eigenvalue weighted by Gasteiger charge is -2.24. The van der Waals surface area contributed by atoms with Crippen LogP contribution < -0.4 is 19.6 Å². The topological polar surface area (TPSA) is 69.2 Å². The minimum absolute atomic E-state index is 0.145. The van der Waals surface area contributed by atoms with Crippen LogP contribution >= 0.6 is 0 Å². The summed E-state index contributed by atoms with van der Waals surface area (Å²) in [6.45, 7) is 0.655. The number of carbonyl (C=O) groups is 1. The van der Waals surface area contributed by atoms with E-state index in [2.05, 4.69) is 10.5 Å². The van der Waals surface area contributed by atoms with Gasteiger partial charge in [0.2, 0.25) is 6.10 Å². The van der Waals surface area contributed by atoms with E-state index in [9.17, 15) is 4.79 Å². The van der Waals surface area contributed by atoms with Gasteiger partial charge < -0.3 is 14.2 Å². The molecule has 0 radical (unpaired) electrons. The number of nitrogens with zero attached hydrogens (tertiary/aromatic N) is 1. The Balaban J connectivity index is 1.26. The van der Waals surface area contributed by atoms with Gasteiger partial charge in [-0.3, -0.25) is 4.79 Å². The van der Waals surface area contributed by atoms with E-state index in [0.717, 1.165) is 16.9 Å². The summed E-state index contributed by atoms with van der Waals surface area (Å²) in [5.41, 5.74) is 4.43. The molecule has 1 aliphatic heterocycles. The number of nitrogens with one attached hydrogen (secondary N) is 1. The maximum Gasteiger partial charge on any atom is 0.284 e. The molecule has 1 aliphatic rings. The smallest absolute Gasteiger partial charge is 0.284 e. The summed E-state index contributed by atoms with van der Waals surface area (Å²) in [7, 11) is 0. The first-order valence-corrected chi connectivity index (χ1v) is 9.26. The number of amides is 1. The number of para-hydroxylation sites is 2. The second kappa shape index (κ2) is 8.93. The zero-order valence-corrected chi connectivity index (χ0v) is 15.7. The van der Waals surface area contributed by atoms with Crippen LogP contribution in [0.1, 0.15) is 11.1 Å². The zero-order chi connectivity index (χ0) is 19.9. The van der Waals surface area contributed by atoms with Crippen LogP contribution in [-0.2, 0) is 11.4 Å². The molecule has 0 saturated carbocycles. The molecule has 0 spiro atoms. The molecule has 0 fully saturated rings. The second-order valence-electron chi connectivity index (χ2n) is 6.44. The summed E-state index contributed by atoms with van der Waals surface area (Å²) in [5.74, 6) is 1.59. The molecular weight excluding hydrogens is 368 g/mol. The highest BCUT2D eigenvalue weighted by atomic mass is 16.6.